The third-order valence-corrected chi connectivity index (χ3v) is 3.15. The molecule has 0 radical (unpaired) electrons. The first-order valence-corrected chi connectivity index (χ1v) is 6.57. The van der Waals surface area contributed by atoms with Crippen molar-refractivity contribution in [1.29, 1.82) is 0 Å². The van der Waals surface area contributed by atoms with Crippen molar-refractivity contribution in [3.8, 4) is 5.75 Å². The van der Waals surface area contributed by atoms with Crippen LogP contribution in [0.5, 0.6) is 5.75 Å². The largest absolute Gasteiger partial charge is 0.507 e. The second kappa shape index (κ2) is 6.93. The number of carbonyl (C=O) groups is 2. The Morgan fingerprint density at radius 1 is 1.25 bits per heavy atom. The summed E-state index contributed by atoms with van der Waals surface area (Å²) in [5.41, 5.74) is 2.53. The summed E-state index contributed by atoms with van der Waals surface area (Å²) in [4.78, 5) is 21.8. The predicted octanol–water partition coefficient (Wildman–Crippen LogP) is 1.92. The van der Waals surface area contributed by atoms with Gasteiger partial charge in [0.1, 0.15) is 5.75 Å². The maximum atomic E-state index is 11.2. The van der Waals surface area contributed by atoms with Gasteiger partial charge in [-0.05, 0) is 43.4 Å². The maximum Gasteiger partial charge on any atom is 0.303 e. The van der Waals surface area contributed by atoms with E-state index in [-0.39, 0.29) is 24.1 Å². The lowest BCUT2D eigenvalue weighted by atomic mass is 9.98. The molecule has 0 aromatic heterocycles. The van der Waals surface area contributed by atoms with E-state index in [2.05, 4.69) is 5.32 Å². The number of aromatic hydroxyl groups is 1. The minimum Gasteiger partial charge on any atom is -0.507 e. The van der Waals surface area contributed by atoms with Crippen LogP contribution in [0.25, 0.3) is 0 Å². The van der Waals surface area contributed by atoms with E-state index in [1.54, 1.807) is 0 Å². The number of phenols is 1. The van der Waals surface area contributed by atoms with Crippen LogP contribution in [0.3, 0.4) is 0 Å². The summed E-state index contributed by atoms with van der Waals surface area (Å²) in [7, 11) is 0. The van der Waals surface area contributed by atoms with E-state index in [9.17, 15) is 14.7 Å². The molecular weight excluding hydrogens is 258 g/mol. The smallest absolute Gasteiger partial charge is 0.303 e. The highest BCUT2D eigenvalue weighted by Crippen LogP contribution is 2.24. The van der Waals surface area contributed by atoms with Gasteiger partial charge in [0.25, 0.3) is 0 Å². The minimum atomic E-state index is -0.876. The van der Waals surface area contributed by atoms with Crippen LogP contribution in [-0.2, 0) is 16.0 Å². The first kappa shape index (κ1) is 16.0. The highest BCUT2D eigenvalue weighted by molar-refractivity contribution is 5.73. The Balaban J connectivity index is 2.82. The first-order valence-electron chi connectivity index (χ1n) is 6.57. The van der Waals surface area contributed by atoms with Crippen molar-refractivity contribution < 1.29 is 19.8 Å². The predicted molar refractivity (Wildman–Crippen MR) is 75.8 cm³/mol. The molecule has 1 rings (SSSR count). The average molecular weight is 279 g/mol. The zero-order chi connectivity index (χ0) is 15.3. The van der Waals surface area contributed by atoms with Gasteiger partial charge >= 0.3 is 5.97 Å². The number of nitrogens with one attached hydrogen (secondary N) is 1. The van der Waals surface area contributed by atoms with Crippen LogP contribution in [-0.4, -0.2) is 28.1 Å². The van der Waals surface area contributed by atoms with Crippen molar-refractivity contribution >= 4 is 11.9 Å². The van der Waals surface area contributed by atoms with Crippen molar-refractivity contribution in [2.24, 2.45) is 0 Å². The quantitative estimate of drug-likeness (QED) is 0.742. The highest BCUT2D eigenvalue weighted by atomic mass is 16.4. The van der Waals surface area contributed by atoms with Gasteiger partial charge in [0.15, 0.2) is 0 Å². The molecule has 3 N–H and O–H groups in total. The molecule has 110 valence electrons. The normalized spacial score (nSPS) is 11.9. The lowest BCUT2D eigenvalue weighted by Gasteiger charge is -2.18. The molecule has 1 unspecified atom stereocenters. The van der Waals surface area contributed by atoms with Crippen LogP contribution in [0.15, 0.2) is 12.1 Å². The van der Waals surface area contributed by atoms with E-state index in [1.165, 1.54) is 6.92 Å². The van der Waals surface area contributed by atoms with E-state index in [0.29, 0.717) is 12.8 Å². The van der Waals surface area contributed by atoms with Gasteiger partial charge < -0.3 is 15.5 Å². The zero-order valence-electron chi connectivity index (χ0n) is 12.1. The number of carbonyl (C=O) groups excluding carboxylic acids is 1. The molecule has 0 fully saturated rings. The number of carboxylic acids is 1. The Hall–Kier alpha value is -2.04. The Morgan fingerprint density at radius 2 is 1.80 bits per heavy atom. The highest BCUT2D eigenvalue weighted by Gasteiger charge is 2.14. The number of hydrogen-bond donors (Lipinski definition) is 3. The summed E-state index contributed by atoms with van der Waals surface area (Å²) >= 11 is 0. The average Bonchev–Trinajstić information content (AvgIpc) is 2.32. The van der Waals surface area contributed by atoms with Gasteiger partial charge in [-0.3, -0.25) is 9.59 Å². The molecule has 0 aliphatic carbocycles. The molecule has 1 aromatic carbocycles. The van der Waals surface area contributed by atoms with Crippen LogP contribution < -0.4 is 5.32 Å². The molecule has 0 bridgehead atoms. The fourth-order valence-electron chi connectivity index (χ4n) is 2.26. The Kier molecular flexibility index (Phi) is 5.55. The number of aryl methyl sites for hydroxylation is 2. The van der Waals surface area contributed by atoms with Crippen molar-refractivity contribution in [2.45, 2.75) is 46.1 Å². The number of hydrogen-bond acceptors (Lipinski definition) is 3. The van der Waals surface area contributed by atoms with E-state index < -0.39 is 5.97 Å². The standard InChI is InChI=1S/C15H21NO4/c1-9-6-12(7-10(2)15(9)20)8-13(16-11(3)17)4-5-14(18)19/h6-7,13,20H,4-5,8H2,1-3H3,(H,16,17)(H,18,19). The van der Waals surface area contributed by atoms with Gasteiger partial charge in [0.2, 0.25) is 5.91 Å². The molecule has 0 saturated carbocycles. The molecule has 0 saturated heterocycles. The molecule has 20 heavy (non-hydrogen) atoms. The van der Waals surface area contributed by atoms with Crippen molar-refractivity contribution in [3.05, 3.63) is 28.8 Å². The molecule has 1 aromatic rings. The Bertz CT molecular complexity index is 488. The number of phenolic OH excluding ortho intramolecular Hbond substituents is 1. The van der Waals surface area contributed by atoms with E-state index >= 15 is 0 Å². The number of amides is 1. The van der Waals surface area contributed by atoms with Crippen molar-refractivity contribution in [2.75, 3.05) is 0 Å². The number of rotatable bonds is 6. The number of carboxylic acid groups (broad SMARTS) is 1. The maximum absolute atomic E-state index is 11.2. The van der Waals surface area contributed by atoms with Crippen LogP contribution in [0.2, 0.25) is 0 Å². The number of aliphatic carboxylic acids is 1. The van der Waals surface area contributed by atoms with Crippen LogP contribution >= 0.6 is 0 Å². The fraction of sp³-hybridized carbons (Fsp3) is 0.467. The Morgan fingerprint density at radius 3 is 2.25 bits per heavy atom. The van der Waals surface area contributed by atoms with Gasteiger partial charge in [0, 0.05) is 19.4 Å². The molecule has 0 aliphatic heterocycles. The zero-order valence-corrected chi connectivity index (χ0v) is 12.1. The van der Waals surface area contributed by atoms with E-state index in [1.807, 2.05) is 26.0 Å². The van der Waals surface area contributed by atoms with Crippen molar-refractivity contribution in [3.63, 3.8) is 0 Å². The van der Waals surface area contributed by atoms with Crippen molar-refractivity contribution in [1.82, 2.24) is 5.32 Å². The molecule has 5 heteroatoms. The van der Waals surface area contributed by atoms with Crippen LogP contribution in [0.4, 0.5) is 0 Å². The lowest BCUT2D eigenvalue weighted by Crippen LogP contribution is -2.35. The summed E-state index contributed by atoms with van der Waals surface area (Å²) in [6.45, 7) is 5.05. The van der Waals surface area contributed by atoms with Gasteiger partial charge in [-0.1, -0.05) is 12.1 Å². The molecule has 1 atom stereocenters. The monoisotopic (exact) mass is 279 g/mol. The molecule has 0 aliphatic rings. The van der Waals surface area contributed by atoms with Gasteiger partial charge in [-0.15, -0.1) is 0 Å². The molecular formula is C15H21NO4. The molecule has 1 amide bonds. The topological polar surface area (TPSA) is 86.6 Å². The Labute approximate surface area is 118 Å². The summed E-state index contributed by atoms with van der Waals surface area (Å²) in [6.07, 6.45) is 0.948. The third-order valence-electron chi connectivity index (χ3n) is 3.15. The molecule has 5 nitrogen and oxygen atoms in total. The summed E-state index contributed by atoms with van der Waals surface area (Å²) in [6, 6.07) is 3.50. The number of benzene rings is 1. The summed E-state index contributed by atoms with van der Waals surface area (Å²) < 4.78 is 0. The summed E-state index contributed by atoms with van der Waals surface area (Å²) in [5.74, 6) is -0.776. The van der Waals surface area contributed by atoms with Gasteiger partial charge in [-0.25, -0.2) is 0 Å². The van der Waals surface area contributed by atoms with Gasteiger partial charge in [0.05, 0.1) is 0 Å². The lowest BCUT2D eigenvalue weighted by molar-refractivity contribution is -0.137. The second-order valence-electron chi connectivity index (χ2n) is 5.11. The molecule has 0 spiro atoms. The van der Waals surface area contributed by atoms with Gasteiger partial charge in [-0.2, -0.15) is 0 Å². The first-order chi connectivity index (χ1) is 9.29. The van der Waals surface area contributed by atoms with Crippen LogP contribution in [0, 0.1) is 13.8 Å². The van der Waals surface area contributed by atoms with E-state index in [4.69, 9.17) is 5.11 Å². The van der Waals surface area contributed by atoms with E-state index in [0.717, 1.165) is 16.7 Å². The molecule has 0 heterocycles. The van der Waals surface area contributed by atoms with Crippen LogP contribution in [0.1, 0.15) is 36.5 Å². The second-order valence-corrected chi connectivity index (χ2v) is 5.11. The fourth-order valence-corrected chi connectivity index (χ4v) is 2.26. The summed E-state index contributed by atoms with van der Waals surface area (Å²) in [5, 5.41) is 21.3. The third kappa shape index (κ3) is 4.91. The minimum absolute atomic E-state index is 0.0149. The SMILES string of the molecule is CC(=O)NC(CCC(=O)O)Cc1cc(C)c(O)c(C)c1.